The number of hydrogen-bond acceptors (Lipinski definition) is 1. The van der Waals surface area contributed by atoms with Crippen LogP contribution in [0.3, 0.4) is 0 Å². The van der Waals surface area contributed by atoms with Gasteiger partial charge in [0, 0.05) is 7.05 Å². The second-order valence-corrected chi connectivity index (χ2v) is 5.84. The first kappa shape index (κ1) is 14.0. The topological polar surface area (TPSA) is 20.3 Å². The van der Waals surface area contributed by atoms with Gasteiger partial charge in [-0.25, -0.2) is 0 Å². The number of carbonyl (C=O) groups excluding carboxylic acids is 1. The van der Waals surface area contributed by atoms with E-state index in [1.165, 1.54) is 10.5 Å². The van der Waals surface area contributed by atoms with E-state index in [0.717, 1.165) is 16.8 Å². The molecule has 2 nitrogen and oxygen atoms in total. The van der Waals surface area contributed by atoms with Crippen LogP contribution in [-0.4, -0.2) is 12.4 Å². The number of aryl methyl sites for hydroxylation is 2. The van der Waals surface area contributed by atoms with Crippen molar-refractivity contribution in [1.29, 1.82) is 0 Å². The summed E-state index contributed by atoms with van der Waals surface area (Å²) in [5, 5.41) is -0.459. The minimum atomic E-state index is -0.459. The van der Waals surface area contributed by atoms with E-state index in [1.54, 1.807) is 7.05 Å². The maximum Gasteiger partial charge on any atom is 0.320 e. The largest absolute Gasteiger partial charge is 0.320 e. The van der Waals surface area contributed by atoms with Crippen LogP contribution in [0.4, 0.5) is 10.5 Å². The lowest BCUT2D eigenvalue weighted by atomic mass is 9.84. The number of carbonyl (C=O) groups is 1. The van der Waals surface area contributed by atoms with E-state index in [4.69, 9.17) is 11.6 Å². The van der Waals surface area contributed by atoms with Gasteiger partial charge in [0.1, 0.15) is 0 Å². The van der Waals surface area contributed by atoms with Gasteiger partial charge in [0.2, 0.25) is 0 Å². The molecule has 0 heterocycles. The van der Waals surface area contributed by atoms with Crippen molar-refractivity contribution in [2.45, 2.75) is 40.0 Å². The highest BCUT2D eigenvalue weighted by atomic mass is 35.5. The average Bonchev–Trinajstić information content (AvgIpc) is 2.14. The summed E-state index contributed by atoms with van der Waals surface area (Å²) >= 11 is 5.52. The fourth-order valence-electron chi connectivity index (χ4n) is 2.01. The van der Waals surface area contributed by atoms with Gasteiger partial charge in [-0.1, -0.05) is 32.9 Å². The van der Waals surface area contributed by atoms with E-state index < -0.39 is 5.37 Å². The van der Waals surface area contributed by atoms with Crippen molar-refractivity contribution < 1.29 is 4.79 Å². The number of nitrogens with zero attached hydrogens (tertiary/aromatic N) is 1. The smallest absolute Gasteiger partial charge is 0.301 e. The third kappa shape index (κ3) is 3.01. The van der Waals surface area contributed by atoms with Crippen LogP contribution in [0.2, 0.25) is 0 Å². The summed E-state index contributed by atoms with van der Waals surface area (Å²) in [5.41, 5.74) is 4.43. The zero-order valence-corrected chi connectivity index (χ0v) is 12.1. The summed E-state index contributed by atoms with van der Waals surface area (Å²) in [6.07, 6.45) is 0. The van der Waals surface area contributed by atoms with E-state index in [0.29, 0.717) is 0 Å². The van der Waals surface area contributed by atoms with E-state index in [-0.39, 0.29) is 5.41 Å². The number of hydrogen-bond donors (Lipinski definition) is 0. The molecular formula is C14H20ClNO. The highest BCUT2D eigenvalue weighted by Gasteiger charge is 2.19. The monoisotopic (exact) mass is 253 g/mol. The summed E-state index contributed by atoms with van der Waals surface area (Å²) in [7, 11) is 1.70. The Kier molecular flexibility index (Phi) is 3.88. The van der Waals surface area contributed by atoms with Gasteiger partial charge >= 0.3 is 5.37 Å². The second-order valence-electron chi connectivity index (χ2n) is 5.52. The molecule has 0 bridgehead atoms. The molecule has 94 valence electrons. The zero-order chi connectivity index (χ0) is 13.4. The van der Waals surface area contributed by atoms with Gasteiger partial charge in [-0.05, 0) is 47.6 Å². The van der Waals surface area contributed by atoms with Gasteiger partial charge in [0.05, 0.1) is 5.69 Å². The Labute approximate surface area is 109 Å². The molecule has 0 saturated heterocycles. The lowest BCUT2D eigenvalue weighted by Crippen LogP contribution is -2.22. The predicted octanol–water partition coefficient (Wildman–Crippen LogP) is 4.40. The van der Waals surface area contributed by atoms with Crippen LogP contribution in [0.5, 0.6) is 0 Å². The summed E-state index contributed by atoms with van der Waals surface area (Å²) in [6, 6.07) is 4.25. The Morgan fingerprint density at radius 3 is 1.88 bits per heavy atom. The first-order valence-corrected chi connectivity index (χ1v) is 6.07. The van der Waals surface area contributed by atoms with Crippen LogP contribution >= 0.6 is 11.6 Å². The Balaban J connectivity index is 3.34. The number of benzene rings is 1. The standard InChI is InChI=1S/C14H20ClNO/c1-9-7-11(14(3,4)5)8-10(2)12(9)16(6)13(15)17/h7-8H,1-6H3. The van der Waals surface area contributed by atoms with E-state index >= 15 is 0 Å². The Bertz CT molecular complexity index is 423. The summed E-state index contributed by atoms with van der Waals surface area (Å²) in [5.74, 6) is 0. The van der Waals surface area contributed by atoms with E-state index in [9.17, 15) is 4.79 Å². The highest BCUT2D eigenvalue weighted by Crippen LogP contribution is 2.31. The van der Waals surface area contributed by atoms with Gasteiger partial charge < -0.3 is 4.90 Å². The molecule has 0 atom stereocenters. The quantitative estimate of drug-likeness (QED) is 0.537. The highest BCUT2D eigenvalue weighted by molar-refractivity contribution is 6.66. The van der Waals surface area contributed by atoms with Crippen molar-refractivity contribution in [3.8, 4) is 0 Å². The summed E-state index contributed by atoms with van der Waals surface area (Å²) < 4.78 is 0. The molecule has 0 aromatic heterocycles. The first-order chi connectivity index (χ1) is 7.64. The van der Waals surface area contributed by atoms with Crippen molar-refractivity contribution in [2.24, 2.45) is 0 Å². The molecule has 17 heavy (non-hydrogen) atoms. The Morgan fingerprint density at radius 1 is 1.18 bits per heavy atom. The molecular weight excluding hydrogens is 234 g/mol. The molecule has 0 N–H and O–H groups in total. The zero-order valence-electron chi connectivity index (χ0n) is 11.4. The molecule has 0 fully saturated rings. The van der Waals surface area contributed by atoms with Crippen molar-refractivity contribution >= 4 is 22.7 Å². The molecule has 3 heteroatoms. The van der Waals surface area contributed by atoms with Crippen LogP contribution in [0, 0.1) is 13.8 Å². The number of amides is 1. The van der Waals surface area contributed by atoms with Crippen LogP contribution in [0.1, 0.15) is 37.5 Å². The van der Waals surface area contributed by atoms with E-state index in [2.05, 4.69) is 32.9 Å². The molecule has 0 aliphatic rings. The SMILES string of the molecule is Cc1cc(C(C)(C)C)cc(C)c1N(C)C(=O)Cl. The molecule has 1 aromatic carbocycles. The van der Waals surface area contributed by atoms with Crippen molar-refractivity contribution in [2.75, 3.05) is 11.9 Å². The normalized spacial score (nSPS) is 11.5. The van der Waals surface area contributed by atoms with Crippen LogP contribution in [0.15, 0.2) is 12.1 Å². The molecule has 0 saturated carbocycles. The lowest BCUT2D eigenvalue weighted by Gasteiger charge is -2.25. The summed E-state index contributed by atoms with van der Waals surface area (Å²) in [6.45, 7) is 10.5. The second kappa shape index (κ2) is 4.69. The average molecular weight is 254 g/mol. The maximum absolute atomic E-state index is 11.2. The first-order valence-electron chi connectivity index (χ1n) is 5.69. The summed E-state index contributed by atoms with van der Waals surface area (Å²) in [4.78, 5) is 12.7. The lowest BCUT2D eigenvalue weighted by molar-refractivity contribution is 0.265. The van der Waals surface area contributed by atoms with Gasteiger partial charge in [-0.2, -0.15) is 0 Å². The fourth-order valence-corrected chi connectivity index (χ4v) is 2.09. The molecule has 1 amide bonds. The van der Waals surface area contributed by atoms with Crippen molar-refractivity contribution in [1.82, 2.24) is 0 Å². The van der Waals surface area contributed by atoms with Crippen molar-refractivity contribution in [3.63, 3.8) is 0 Å². The maximum atomic E-state index is 11.2. The number of anilines is 1. The number of halogens is 1. The van der Waals surface area contributed by atoms with Crippen LogP contribution in [-0.2, 0) is 5.41 Å². The fraction of sp³-hybridized carbons (Fsp3) is 0.500. The van der Waals surface area contributed by atoms with Crippen molar-refractivity contribution in [3.05, 3.63) is 28.8 Å². The Morgan fingerprint density at radius 2 is 1.59 bits per heavy atom. The third-order valence-corrected chi connectivity index (χ3v) is 3.21. The predicted molar refractivity (Wildman–Crippen MR) is 74.3 cm³/mol. The minimum absolute atomic E-state index is 0.109. The minimum Gasteiger partial charge on any atom is -0.301 e. The molecule has 0 aliphatic carbocycles. The van der Waals surface area contributed by atoms with Gasteiger partial charge in [0.25, 0.3) is 0 Å². The molecule has 0 unspecified atom stereocenters. The van der Waals surface area contributed by atoms with E-state index in [1.807, 2.05) is 13.8 Å². The molecule has 1 aromatic rings. The third-order valence-electron chi connectivity index (χ3n) is 2.96. The molecule has 0 spiro atoms. The molecule has 1 rings (SSSR count). The van der Waals surface area contributed by atoms with Crippen LogP contribution < -0.4 is 4.90 Å². The number of rotatable bonds is 1. The van der Waals surface area contributed by atoms with Gasteiger partial charge in [-0.3, -0.25) is 4.79 Å². The van der Waals surface area contributed by atoms with Gasteiger partial charge in [0.15, 0.2) is 0 Å². The molecule has 0 radical (unpaired) electrons. The Hall–Kier alpha value is -1.02. The van der Waals surface area contributed by atoms with Crippen LogP contribution in [0.25, 0.3) is 0 Å². The van der Waals surface area contributed by atoms with Gasteiger partial charge in [-0.15, -0.1) is 0 Å². The molecule has 0 aliphatic heterocycles.